The highest BCUT2D eigenvalue weighted by molar-refractivity contribution is 5.82. The van der Waals surface area contributed by atoms with E-state index in [0.717, 1.165) is 24.9 Å². The van der Waals surface area contributed by atoms with Crippen LogP contribution in [-0.2, 0) is 4.79 Å². The van der Waals surface area contributed by atoms with Crippen LogP contribution in [-0.4, -0.2) is 23.5 Å². The molecule has 0 bridgehead atoms. The van der Waals surface area contributed by atoms with Crippen molar-refractivity contribution in [1.82, 2.24) is 15.6 Å². The lowest BCUT2D eigenvalue weighted by molar-refractivity contribution is -0.124. The van der Waals surface area contributed by atoms with Crippen LogP contribution in [0.4, 0.5) is 0 Å². The van der Waals surface area contributed by atoms with Crippen molar-refractivity contribution in [2.75, 3.05) is 6.54 Å². The number of carbonyl (C=O) groups excluding carboxylic acids is 1. The van der Waals surface area contributed by atoms with Crippen LogP contribution >= 0.6 is 0 Å². The highest BCUT2D eigenvalue weighted by Gasteiger charge is 2.21. The lowest BCUT2D eigenvalue weighted by atomic mass is 10.0. The molecular formula is C13H19N3O. The third kappa shape index (κ3) is 3.27. The molecule has 0 aromatic carbocycles. The first-order valence-corrected chi connectivity index (χ1v) is 6.21. The van der Waals surface area contributed by atoms with Crippen LogP contribution in [0.5, 0.6) is 0 Å². The minimum Gasteiger partial charge on any atom is -0.348 e. The Morgan fingerprint density at radius 1 is 1.47 bits per heavy atom. The molecule has 4 nitrogen and oxygen atoms in total. The molecule has 1 fully saturated rings. The number of carbonyl (C=O) groups is 1. The van der Waals surface area contributed by atoms with Crippen molar-refractivity contribution >= 4 is 5.91 Å². The summed E-state index contributed by atoms with van der Waals surface area (Å²) in [5, 5.41) is 6.29. The zero-order valence-electron chi connectivity index (χ0n) is 10.1. The van der Waals surface area contributed by atoms with Gasteiger partial charge in [0.1, 0.15) is 0 Å². The second-order valence-electron chi connectivity index (χ2n) is 4.51. The van der Waals surface area contributed by atoms with E-state index in [1.807, 2.05) is 19.1 Å². The standard InChI is InChI=1S/C13H19N3O/c1-10(11-5-8-14-9-6-11)16-13(17)12-4-2-3-7-15-12/h5-6,8-10,12,15H,2-4,7H2,1H3,(H,16,17)/t10-,12-/m0/s1. The molecule has 0 aliphatic carbocycles. The normalized spacial score (nSPS) is 21.8. The highest BCUT2D eigenvalue weighted by Crippen LogP contribution is 2.12. The monoisotopic (exact) mass is 233 g/mol. The smallest absolute Gasteiger partial charge is 0.237 e. The largest absolute Gasteiger partial charge is 0.348 e. The van der Waals surface area contributed by atoms with E-state index in [4.69, 9.17) is 0 Å². The Hall–Kier alpha value is -1.42. The zero-order valence-corrected chi connectivity index (χ0v) is 10.1. The third-order valence-corrected chi connectivity index (χ3v) is 3.19. The minimum absolute atomic E-state index is 0.0203. The number of hydrogen-bond acceptors (Lipinski definition) is 3. The van der Waals surface area contributed by atoms with E-state index in [2.05, 4.69) is 15.6 Å². The number of piperidine rings is 1. The molecule has 0 unspecified atom stereocenters. The molecule has 1 aromatic rings. The van der Waals surface area contributed by atoms with Crippen molar-refractivity contribution < 1.29 is 4.79 Å². The van der Waals surface area contributed by atoms with Crippen molar-refractivity contribution in [3.63, 3.8) is 0 Å². The summed E-state index contributed by atoms with van der Waals surface area (Å²) in [4.78, 5) is 16.0. The van der Waals surface area contributed by atoms with Gasteiger partial charge < -0.3 is 10.6 Å². The molecule has 1 aromatic heterocycles. The minimum atomic E-state index is -0.0203. The maximum atomic E-state index is 12.0. The number of aromatic nitrogens is 1. The molecule has 1 aliphatic heterocycles. The van der Waals surface area contributed by atoms with Gasteiger partial charge in [0.05, 0.1) is 12.1 Å². The molecule has 2 rings (SSSR count). The van der Waals surface area contributed by atoms with Crippen LogP contribution in [0.3, 0.4) is 0 Å². The first kappa shape index (κ1) is 12.0. The Bertz CT molecular complexity index is 360. The second-order valence-corrected chi connectivity index (χ2v) is 4.51. The van der Waals surface area contributed by atoms with Gasteiger partial charge in [-0.05, 0) is 44.0 Å². The van der Waals surface area contributed by atoms with Gasteiger partial charge in [-0.15, -0.1) is 0 Å². The lowest BCUT2D eigenvalue weighted by Gasteiger charge is -2.24. The molecule has 4 heteroatoms. The summed E-state index contributed by atoms with van der Waals surface area (Å²) in [5.74, 6) is 0.106. The number of amides is 1. The summed E-state index contributed by atoms with van der Waals surface area (Å²) < 4.78 is 0. The molecule has 0 spiro atoms. The third-order valence-electron chi connectivity index (χ3n) is 3.19. The van der Waals surface area contributed by atoms with E-state index in [9.17, 15) is 4.79 Å². The molecule has 2 atom stereocenters. The summed E-state index contributed by atoms with van der Waals surface area (Å²) in [6, 6.07) is 3.88. The molecule has 1 aliphatic rings. The Balaban J connectivity index is 1.89. The van der Waals surface area contributed by atoms with Crippen molar-refractivity contribution in [3.8, 4) is 0 Å². The summed E-state index contributed by atoms with van der Waals surface area (Å²) in [6.45, 7) is 2.94. The summed E-state index contributed by atoms with van der Waals surface area (Å²) in [5.41, 5.74) is 1.09. The van der Waals surface area contributed by atoms with Crippen molar-refractivity contribution in [2.24, 2.45) is 0 Å². The van der Waals surface area contributed by atoms with Crippen molar-refractivity contribution in [1.29, 1.82) is 0 Å². The average molecular weight is 233 g/mol. The average Bonchev–Trinajstić information content (AvgIpc) is 2.40. The van der Waals surface area contributed by atoms with Gasteiger partial charge in [-0.1, -0.05) is 6.42 Å². The Kier molecular flexibility index (Phi) is 4.09. The van der Waals surface area contributed by atoms with Gasteiger partial charge in [0.15, 0.2) is 0 Å². The number of rotatable bonds is 3. The fraction of sp³-hybridized carbons (Fsp3) is 0.538. The van der Waals surface area contributed by atoms with Crippen LogP contribution in [0, 0.1) is 0 Å². The Morgan fingerprint density at radius 2 is 2.24 bits per heavy atom. The molecule has 17 heavy (non-hydrogen) atoms. The van der Waals surface area contributed by atoms with E-state index >= 15 is 0 Å². The van der Waals surface area contributed by atoms with Gasteiger partial charge in [-0.2, -0.15) is 0 Å². The lowest BCUT2D eigenvalue weighted by Crippen LogP contribution is -2.47. The predicted octanol–water partition coefficient (Wildman–Crippen LogP) is 1.40. The Labute approximate surface area is 102 Å². The maximum absolute atomic E-state index is 12.0. The van der Waals surface area contributed by atoms with E-state index in [1.54, 1.807) is 12.4 Å². The highest BCUT2D eigenvalue weighted by atomic mass is 16.2. The molecule has 0 radical (unpaired) electrons. The maximum Gasteiger partial charge on any atom is 0.237 e. The van der Waals surface area contributed by atoms with Gasteiger partial charge in [-0.25, -0.2) is 0 Å². The fourth-order valence-electron chi connectivity index (χ4n) is 2.13. The van der Waals surface area contributed by atoms with Crippen LogP contribution in [0.15, 0.2) is 24.5 Å². The van der Waals surface area contributed by atoms with E-state index in [1.165, 1.54) is 6.42 Å². The Morgan fingerprint density at radius 3 is 2.88 bits per heavy atom. The summed E-state index contributed by atoms with van der Waals surface area (Å²) >= 11 is 0. The number of pyridine rings is 1. The van der Waals surface area contributed by atoms with Gasteiger partial charge in [0, 0.05) is 12.4 Å². The van der Waals surface area contributed by atoms with Crippen molar-refractivity contribution in [3.05, 3.63) is 30.1 Å². The van der Waals surface area contributed by atoms with Crippen LogP contribution in [0.1, 0.15) is 37.8 Å². The predicted molar refractivity (Wildman–Crippen MR) is 66.4 cm³/mol. The molecule has 2 N–H and O–H groups in total. The van der Waals surface area contributed by atoms with Gasteiger partial charge in [-0.3, -0.25) is 9.78 Å². The first-order valence-electron chi connectivity index (χ1n) is 6.21. The first-order chi connectivity index (χ1) is 8.27. The number of nitrogens with zero attached hydrogens (tertiary/aromatic N) is 1. The molecular weight excluding hydrogens is 214 g/mol. The number of hydrogen-bond donors (Lipinski definition) is 2. The van der Waals surface area contributed by atoms with Gasteiger partial charge >= 0.3 is 0 Å². The van der Waals surface area contributed by atoms with E-state index in [-0.39, 0.29) is 18.0 Å². The molecule has 1 saturated heterocycles. The summed E-state index contributed by atoms with van der Waals surface area (Å²) in [7, 11) is 0. The van der Waals surface area contributed by atoms with Gasteiger partial charge in [0.2, 0.25) is 5.91 Å². The molecule has 0 saturated carbocycles. The second kappa shape index (κ2) is 5.77. The fourth-order valence-corrected chi connectivity index (χ4v) is 2.13. The molecule has 92 valence electrons. The zero-order chi connectivity index (χ0) is 12.1. The van der Waals surface area contributed by atoms with Crippen LogP contribution in [0.2, 0.25) is 0 Å². The summed E-state index contributed by atoms with van der Waals surface area (Å²) in [6.07, 6.45) is 6.74. The van der Waals surface area contributed by atoms with Crippen LogP contribution < -0.4 is 10.6 Å². The quantitative estimate of drug-likeness (QED) is 0.829. The van der Waals surface area contributed by atoms with E-state index in [0.29, 0.717) is 0 Å². The van der Waals surface area contributed by atoms with Crippen LogP contribution in [0.25, 0.3) is 0 Å². The topological polar surface area (TPSA) is 54.0 Å². The van der Waals surface area contributed by atoms with E-state index < -0.39 is 0 Å². The molecule has 1 amide bonds. The SMILES string of the molecule is C[C@H](NC(=O)[C@@H]1CCCCN1)c1ccncc1. The van der Waals surface area contributed by atoms with Gasteiger partial charge in [0.25, 0.3) is 0 Å². The van der Waals surface area contributed by atoms with Crippen molar-refractivity contribution in [2.45, 2.75) is 38.3 Å². The molecule has 2 heterocycles. The number of nitrogens with one attached hydrogen (secondary N) is 2.